The molecule has 5 heteroatoms. The lowest BCUT2D eigenvalue weighted by Gasteiger charge is -2.20. The van der Waals surface area contributed by atoms with Crippen LogP contribution in [0.4, 0.5) is 8.78 Å². The highest BCUT2D eigenvalue weighted by atomic mass is 19.2. The summed E-state index contributed by atoms with van der Waals surface area (Å²) in [5.74, 6) is -1.85. The van der Waals surface area contributed by atoms with Crippen molar-refractivity contribution in [3.63, 3.8) is 0 Å². The van der Waals surface area contributed by atoms with E-state index >= 15 is 0 Å². The Morgan fingerprint density at radius 2 is 2.10 bits per heavy atom. The monoisotopic (exact) mass is 282 g/mol. The van der Waals surface area contributed by atoms with Crippen molar-refractivity contribution in [3.8, 4) is 0 Å². The summed E-state index contributed by atoms with van der Waals surface area (Å²) >= 11 is 0. The molecule has 2 atom stereocenters. The number of amides is 1. The number of carbonyl (C=O) groups excluding carboxylic acids is 1. The zero-order valence-electron chi connectivity index (χ0n) is 11.6. The number of hydrogen-bond donors (Lipinski definition) is 2. The third-order valence-electron chi connectivity index (χ3n) is 3.68. The summed E-state index contributed by atoms with van der Waals surface area (Å²) in [6, 6.07) is 3.16. The Bertz CT molecular complexity index is 471. The van der Waals surface area contributed by atoms with Crippen LogP contribution in [0.1, 0.15) is 44.2 Å². The van der Waals surface area contributed by atoms with Gasteiger partial charge < -0.3 is 10.6 Å². The summed E-state index contributed by atoms with van der Waals surface area (Å²) in [5, 5.41) is 6.06. The Morgan fingerprint density at radius 3 is 2.85 bits per heavy atom. The molecule has 1 saturated heterocycles. The average Bonchev–Trinajstić information content (AvgIpc) is 2.70. The number of carbonyl (C=O) groups is 1. The van der Waals surface area contributed by atoms with Gasteiger partial charge in [0.15, 0.2) is 11.6 Å². The van der Waals surface area contributed by atoms with Crippen LogP contribution < -0.4 is 10.6 Å². The number of hydrogen-bond acceptors (Lipinski definition) is 2. The molecule has 0 aromatic heterocycles. The number of rotatable bonds is 3. The van der Waals surface area contributed by atoms with Crippen molar-refractivity contribution < 1.29 is 13.6 Å². The summed E-state index contributed by atoms with van der Waals surface area (Å²) in [7, 11) is 0. The van der Waals surface area contributed by atoms with Crippen molar-refractivity contribution >= 4 is 5.91 Å². The van der Waals surface area contributed by atoms with Crippen LogP contribution in [0.2, 0.25) is 0 Å². The second-order valence-corrected chi connectivity index (χ2v) is 5.26. The van der Waals surface area contributed by atoms with E-state index in [0.29, 0.717) is 5.56 Å². The first kappa shape index (κ1) is 14.9. The topological polar surface area (TPSA) is 41.1 Å². The predicted molar refractivity (Wildman–Crippen MR) is 73.2 cm³/mol. The van der Waals surface area contributed by atoms with E-state index in [4.69, 9.17) is 0 Å². The fourth-order valence-electron chi connectivity index (χ4n) is 2.43. The molecule has 3 nitrogen and oxygen atoms in total. The molecule has 2 N–H and O–H groups in total. The van der Waals surface area contributed by atoms with Crippen LogP contribution in [0.15, 0.2) is 18.2 Å². The lowest BCUT2D eigenvalue weighted by molar-refractivity contribution is -0.123. The third-order valence-corrected chi connectivity index (χ3v) is 3.68. The first-order valence-corrected chi connectivity index (χ1v) is 7.06. The number of halogens is 2. The van der Waals surface area contributed by atoms with Crippen LogP contribution in [0.3, 0.4) is 0 Å². The Morgan fingerprint density at radius 1 is 1.30 bits per heavy atom. The number of benzene rings is 1. The molecule has 1 aliphatic rings. The molecule has 110 valence electrons. The van der Waals surface area contributed by atoms with Crippen LogP contribution >= 0.6 is 0 Å². The van der Waals surface area contributed by atoms with E-state index < -0.39 is 11.6 Å². The highest BCUT2D eigenvalue weighted by molar-refractivity contribution is 5.82. The molecular weight excluding hydrogens is 262 g/mol. The SMILES string of the molecule is CC(NC(=O)C1CCCCCN1)c1ccc(F)c(F)c1. The summed E-state index contributed by atoms with van der Waals surface area (Å²) in [5.41, 5.74) is 0.561. The van der Waals surface area contributed by atoms with Gasteiger partial charge >= 0.3 is 0 Å². The molecule has 1 fully saturated rings. The quantitative estimate of drug-likeness (QED) is 0.895. The molecule has 0 aliphatic carbocycles. The highest BCUT2D eigenvalue weighted by Crippen LogP contribution is 2.17. The first-order valence-electron chi connectivity index (χ1n) is 7.06. The van der Waals surface area contributed by atoms with Gasteiger partial charge in [-0.3, -0.25) is 4.79 Å². The Hall–Kier alpha value is -1.49. The second kappa shape index (κ2) is 6.79. The number of nitrogens with one attached hydrogen (secondary N) is 2. The van der Waals surface area contributed by atoms with Crippen LogP contribution in [0.25, 0.3) is 0 Å². The van der Waals surface area contributed by atoms with Gasteiger partial charge in [0.2, 0.25) is 5.91 Å². The van der Waals surface area contributed by atoms with Gasteiger partial charge in [-0.15, -0.1) is 0 Å². The van der Waals surface area contributed by atoms with Crippen LogP contribution in [-0.2, 0) is 4.79 Å². The van der Waals surface area contributed by atoms with Gasteiger partial charge in [-0.05, 0) is 44.0 Å². The highest BCUT2D eigenvalue weighted by Gasteiger charge is 2.21. The molecule has 0 radical (unpaired) electrons. The Labute approximate surface area is 117 Å². The van der Waals surface area contributed by atoms with Crippen LogP contribution in [0.5, 0.6) is 0 Å². The van der Waals surface area contributed by atoms with E-state index in [1.165, 1.54) is 6.07 Å². The van der Waals surface area contributed by atoms with Crippen molar-refractivity contribution in [3.05, 3.63) is 35.4 Å². The molecule has 1 aromatic rings. The molecule has 2 unspecified atom stereocenters. The Kier molecular flexibility index (Phi) is 5.06. The lowest BCUT2D eigenvalue weighted by atomic mass is 10.1. The minimum Gasteiger partial charge on any atom is -0.348 e. The second-order valence-electron chi connectivity index (χ2n) is 5.26. The smallest absolute Gasteiger partial charge is 0.237 e. The molecule has 0 spiro atoms. The lowest BCUT2D eigenvalue weighted by Crippen LogP contribution is -2.44. The van der Waals surface area contributed by atoms with Crippen molar-refractivity contribution in [2.24, 2.45) is 0 Å². The minimum absolute atomic E-state index is 0.0795. The normalized spacial score (nSPS) is 21.1. The van der Waals surface area contributed by atoms with E-state index in [1.54, 1.807) is 6.92 Å². The minimum atomic E-state index is -0.892. The molecule has 2 rings (SSSR count). The largest absolute Gasteiger partial charge is 0.348 e. The zero-order chi connectivity index (χ0) is 14.5. The maximum absolute atomic E-state index is 13.2. The van der Waals surface area contributed by atoms with Gasteiger partial charge in [0.1, 0.15) is 0 Å². The van der Waals surface area contributed by atoms with Crippen molar-refractivity contribution in [2.75, 3.05) is 6.54 Å². The maximum atomic E-state index is 13.2. The predicted octanol–water partition coefficient (Wildman–Crippen LogP) is 2.67. The summed E-state index contributed by atoms with van der Waals surface area (Å²) < 4.78 is 26.1. The summed E-state index contributed by atoms with van der Waals surface area (Å²) in [4.78, 5) is 12.1. The van der Waals surface area contributed by atoms with Crippen LogP contribution in [0, 0.1) is 11.6 Å². The van der Waals surface area contributed by atoms with Gasteiger partial charge in [-0.2, -0.15) is 0 Å². The van der Waals surface area contributed by atoms with Gasteiger partial charge in [0, 0.05) is 0 Å². The molecule has 0 saturated carbocycles. The molecular formula is C15H20F2N2O. The van der Waals surface area contributed by atoms with Gasteiger partial charge in [0.25, 0.3) is 0 Å². The van der Waals surface area contributed by atoms with E-state index in [1.807, 2.05) is 0 Å². The molecule has 20 heavy (non-hydrogen) atoms. The fraction of sp³-hybridized carbons (Fsp3) is 0.533. The molecule has 0 bridgehead atoms. The zero-order valence-corrected chi connectivity index (χ0v) is 11.6. The third kappa shape index (κ3) is 3.76. The van der Waals surface area contributed by atoms with Crippen molar-refractivity contribution in [2.45, 2.75) is 44.7 Å². The summed E-state index contributed by atoms with van der Waals surface area (Å²) in [6.45, 7) is 2.61. The van der Waals surface area contributed by atoms with E-state index in [-0.39, 0.29) is 18.0 Å². The van der Waals surface area contributed by atoms with Crippen molar-refractivity contribution in [1.82, 2.24) is 10.6 Å². The molecule has 1 heterocycles. The summed E-state index contributed by atoms with van der Waals surface area (Å²) in [6.07, 6.45) is 4.07. The van der Waals surface area contributed by atoms with E-state index in [2.05, 4.69) is 10.6 Å². The van der Waals surface area contributed by atoms with Crippen LogP contribution in [-0.4, -0.2) is 18.5 Å². The molecule has 1 aliphatic heterocycles. The molecule has 1 aromatic carbocycles. The van der Waals surface area contributed by atoms with Gasteiger partial charge in [0.05, 0.1) is 12.1 Å². The standard InChI is InChI=1S/C15H20F2N2O/c1-10(11-6-7-12(16)13(17)9-11)19-15(20)14-5-3-2-4-8-18-14/h6-7,9-10,14,18H,2-5,8H2,1H3,(H,19,20). The first-order chi connectivity index (χ1) is 9.58. The average molecular weight is 282 g/mol. The Balaban J connectivity index is 1.97. The maximum Gasteiger partial charge on any atom is 0.237 e. The fourth-order valence-corrected chi connectivity index (χ4v) is 2.43. The van der Waals surface area contributed by atoms with E-state index in [9.17, 15) is 13.6 Å². The molecule has 1 amide bonds. The van der Waals surface area contributed by atoms with Crippen molar-refractivity contribution in [1.29, 1.82) is 0 Å². The van der Waals surface area contributed by atoms with E-state index in [0.717, 1.165) is 44.4 Å². The van der Waals surface area contributed by atoms with Gasteiger partial charge in [-0.25, -0.2) is 8.78 Å². The van der Waals surface area contributed by atoms with Gasteiger partial charge in [-0.1, -0.05) is 18.9 Å².